The minimum atomic E-state index is -0.444. The number of hydrogen-bond donors (Lipinski definition) is 1. The third-order valence-corrected chi connectivity index (χ3v) is 5.29. The highest BCUT2D eigenvalue weighted by Gasteiger charge is 2.25. The monoisotopic (exact) mass is 390 g/mol. The minimum Gasteiger partial charge on any atom is -0.349 e. The molecule has 1 aliphatic carbocycles. The summed E-state index contributed by atoms with van der Waals surface area (Å²) in [5.41, 5.74) is 4.24. The zero-order chi connectivity index (χ0) is 20.2. The van der Waals surface area contributed by atoms with Crippen LogP contribution in [-0.2, 0) is 24.2 Å². The van der Waals surface area contributed by atoms with Crippen molar-refractivity contribution in [2.45, 2.75) is 38.3 Å². The fourth-order valence-corrected chi connectivity index (χ4v) is 3.83. The maximum absolute atomic E-state index is 12.5. The molecule has 1 atom stereocenters. The standard InChI is InChI=1S/C22H22N4O3/c27-22(13-16-9-11-18(12-10-16)26(28)29)24-20-7-4-8-21-19(20)14-23-25(21)15-17-5-2-1-3-6-17/h1-3,5-6,9-12,14,20H,4,7-8,13,15H2,(H,24,27). The van der Waals surface area contributed by atoms with Gasteiger partial charge in [0.1, 0.15) is 0 Å². The van der Waals surface area contributed by atoms with Crippen molar-refractivity contribution in [3.8, 4) is 0 Å². The van der Waals surface area contributed by atoms with Crippen LogP contribution >= 0.6 is 0 Å². The highest BCUT2D eigenvalue weighted by atomic mass is 16.6. The number of nitrogens with one attached hydrogen (secondary N) is 1. The van der Waals surface area contributed by atoms with Gasteiger partial charge in [-0.2, -0.15) is 5.10 Å². The molecular formula is C22H22N4O3. The summed E-state index contributed by atoms with van der Waals surface area (Å²) in [4.78, 5) is 22.8. The lowest BCUT2D eigenvalue weighted by Crippen LogP contribution is -2.32. The van der Waals surface area contributed by atoms with E-state index in [4.69, 9.17) is 0 Å². The van der Waals surface area contributed by atoms with Crippen LogP contribution in [0.5, 0.6) is 0 Å². The highest BCUT2D eigenvalue weighted by molar-refractivity contribution is 5.79. The molecule has 3 aromatic rings. The molecule has 1 aliphatic rings. The molecule has 7 nitrogen and oxygen atoms in total. The fourth-order valence-electron chi connectivity index (χ4n) is 3.83. The molecule has 1 aromatic heterocycles. The first kappa shape index (κ1) is 18.9. The van der Waals surface area contributed by atoms with E-state index in [1.165, 1.54) is 23.4 Å². The summed E-state index contributed by atoms with van der Waals surface area (Å²) >= 11 is 0. The predicted octanol–water partition coefficient (Wildman–Crippen LogP) is 3.58. The summed E-state index contributed by atoms with van der Waals surface area (Å²) in [6, 6.07) is 16.3. The van der Waals surface area contributed by atoms with Crippen LogP contribution in [0.15, 0.2) is 60.8 Å². The summed E-state index contributed by atoms with van der Waals surface area (Å²) in [7, 11) is 0. The first-order valence-corrected chi connectivity index (χ1v) is 9.71. The summed E-state index contributed by atoms with van der Waals surface area (Å²) in [5.74, 6) is -0.0903. The van der Waals surface area contributed by atoms with Gasteiger partial charge in [0, 0.05) is 23.4 Å². The van der Waals surface area contributed by atoms with Crippen LogP contribution in [0, 0.1) is 10.1 Å². The lowest BCUT2D eigenvalue weighted by atomic mass is 9.92. The number of rotatable bonds is 6. The van der Waals surface area contributed by atoms with Gasteiger partial charge in [0.05, 0.1) is 30.1 Å². The number of nitro groups is 1. The van der Waals surface area contributed by atoms with Crippen molar-refractivity contribution in [3.63, 3.8) is 0 Å². The van der Waals surface area contributed by atoms with Crippen LogP contribution in [0.2, 0.25) is 0 Å². The zero-order valence-electron chi connectivity index (χ0n) is 16.0. The SMILES string of the molecule is O=C(Cc1ccc([N+](=O)[O-])cc1)NC1CCCc2c1cnn2Cc1ccccc1. The van der Waals surface area contributed by atoms with Crippen LogP contribution in [0.3, 0.4) is 0 Å². The molecule has 1 unspecified atom stereocenters. The van der Waals surface area contributed by atoms with Crippen molar-refractivity contribution >= 4 is 11.6 Å². The van der Waals surface area contributed by atoms with Crippen molar-refractivity contribution < 1.29 is 9.72 Å². The van der Waals surface area contributed by atoms with Gasteiger partial charge in [-0.25, -0.2) is 0 Å². The maximum Gasteiger partial charge on any atom is 0.269 e. The van der Waals surface area contributed by atoms with Gasteiger partial charge < -0.3 is 5.32 Å². The van der Waals surface area contributed by atoms with Crippen LogP contribution in [0.25, 0.3) is 0 Å². The molecule has 0 saturated carbocycles. The molecule has 0 spiro atoms. The number of carbonyl (C=O) groups is 1. The van der Waals surface area contributed by atoms with Crippen LogP contribution in [-0.4, -0.2) is 20.6 Å². The number of carbonyl (C=O) groups excluding carboxylic acids is 1. The molecule has 2 aromatic carbocycles. The molecular weight excluding hydrogens is 368 g/mol. The van der Waals surface area contributed by atoms with E-state index in [9.17, 15) is 14.9 Å². The van der Waals surface area contributed by atoms with Crippen molar-refractivity contribution in [3.05, 3.63) is 93.3 Å². The van der Waals surface area contributed by atoms with E-state index in [-0.39, 0.29) is 24.1 Å². The molecule has 0 radical (unpaired) electrons. The minimum absolute atomic E-state index is 0.0249. The summed E-state index contributed by atoms with van der Waals surface area (Å²) in [6.45, 7) is 0.722. The van der Waals surface area contributed by atoms with E-state index < -0.39 is 4.92 Å². The Labute approximate surface area is 168 Å². The molecule has 148 valence electrons. The Bertz CT molecular complexity index is 1010. The Morgan fingerprint density at radius 3 is 2.62 bits per heavy atom. The van der Waals surface area contributed by atoms with Gasteiger partial charge in [0.25, 0.3) is 5.69 Å². The Hall–Kier alpha value is -3.48. The van der Waals surface area contributed by atoms with Gasteiger partial charge >= 0.3 is 0 Å². The van der Waals surface area contributed by atoms with Crippen LogP contribution < -0.4 is 5.32 Å². The van der Waals surface area contributed by atoms with E-state index in [0.29, 0.717) is 0 Å². The largest absolute Gasteiger partial charge is 0.349 e. The molecule has 1 amide bonds. The number of amides is 1. The zero-order valence-corrected chi connectivity index (χ0v) is 16.0. The van der Waals surface area contributed by atoms with Gasteiger partial charge in [-0.15, -0.1) is 0 Å². The molecule has 0 saturated heterocycles. The number of nitrogens with zero attached hydrogens (tertiary/aromatic N) is 3. The van der Waals surface area contributed by atoms with E-state index in [1.807, 2.05) is 29.1 Å². The van der Waals surface area contributed by atoms with E-state index in [2.05, 4.69) is 22.5 Å². The molecule has 1 heterocycles. The van der Waals surface area contributed by atoms with Crippen LogP contribution in [0.1, 0.15) is 41.3 Å². The third kappa shape index (κ3) is 4.34. The predicted molar refractivity (Wildman–Crippen MR) is 108 cm³/mol. The smallest absolute Gasteiger partial charge is 0.269 e. The van der Waals surface area contributed by atoms with Gasteiger partial charge in [-0.1, -0.05) is 42.5 Å². The first-order chi connectivity index (χ1) is 14.1. The van der Waals surface area contributed by atoms with E-state index in [1.54, 1.807) is 12.1 Å². The number of benzene rings is 2. The summed E-state index contributed by atoms with van der Waals surface area (Å²) in [5, 5.41) is 18.4. The molecule has 29 heavy (non-hydrogen) atoms. The van der Waals surface area contributed by atoms with Gasteiger partial charge in [-0.3, -0.25) is 19.6 Å². The molecule has 7 heteroatoms. The number of hydrogen-bond acceptors (Lipinski definition) is 4. The molecule has 1 N–H and O–H groups in total. The van der Waals surface area contributed by atoms with E-state index >= 15 is 0 Å². The Morgan fingerprint density at radius 1 is 1.14 bits per heavy atom. The van der Waals surface area contributed by atoms with Crippen molar-refractivity contribution in [2.75, 3.05) is 0 Å². The Balaban J connectivity index is 1.43. The average molecular weight is 390 g/mol. The van der Waals surface area contributed by atoms with Gasteiger partial charge in [0.2, 0.25) is 5.91 Å². The molecule has 0 bridgehead atoms. The lowest BCUT2D eigenvalue weighted by molar-refractivity contribution is -0.384. The quantitative estimate of drug-likeness (QED) is 0.515. The topological polar surface area (TPSA) is 90.1 Å². The Morgan fingerprint density at radius 2 is 1.90 bits per heavy atom. The summed E-state index contributed by atoms with van der Waals surface area (Å²) in [6.07, 6.45) is 4.90. The molecule has 4 rings (SSSR count). The second-order valence-electron chi connectivity index (χ2n) is 7.30. The average Bonchev–Trinajstić information content (AvgIpc) is 3.13. The van der Waals surface area contributed by atoms with Crippen molar-refractivity contribution in [2.24, 2.45) is 0 Å². The summed E-state index contributed by atoms with van der Waals surface area (Å²) < 4.78 is 2.03. The fraction of sp³-hybridized carbons (Fsp3) is 0.273. The maximum atomic E-state index is 12.5. The van der Waals surface area contributed by atoms with Gasteiger partial charge in [-0.05, 0) is 30.4 Å². The van der Waals surface area contributed by atoms with Crippen molar-refractivity contribution in [1.82, 2.24) is 15.1 Å². The second kappa shape index (κ2) is 8.26. The van der Waals surface area contributed by atoms with Gasteiger partial charge in [0.15, 0.2) is 0 Å². The third-order valence-electron chi connectivity index (χ3n) is 5.29. The van der Waals surface area contributed by atoms with Crippen LogP contribution in [0.4, 0.5) is 5.69 Å². The number of non-ortho nitro benzene ring substituents is 1. The normalized spacial score (nSPS) is 15.5. The number of fused-ring (bicyclic) bond motifs is 1. The van der Waals surface area contributed by atoms with Crippen molar-refractivity contribution in [1.29, 1.82) is 0 Å². The molecule has 0 fully saturated rings. The number of aromatic nitrogens is 2. The highest BCUT2D eigenvalue weighted by Crippen LogP contribution is 2.30. The molecule has 0 aliphatic heterocycles. The van der Waals surface area contributed by atoms with E-state index in [0.717, 1.165) is 36.9 Å². The second-order valence-corrected chi connectivity index (χ2v) is 7.30. The Kier molecular flexibility index (Phi) is 5.37. The lowest BCUT2D eigenvalue weighted by Gasteiger charge is -2.24. The first-order valence-electron chi connectivity index (χ1n) is 9.71. The number of nitro benzene ring substituents is 1.